The van der Waals surface area contributed by atoms with Crippen LogP contribution in [0.2, 0.25) is 0 Å². The second-order valence-electron chi connectivity index (χ2n) is 5.62. The Labute approximate surface area is 85.6 Å². The van der Waals surface area contributed by atoms with Crippen molar-refractivity contribution in [2.24, 2.45) is 11.1 Å². The van der Waals surface area contributed by atoms with Crippen LogP contribution in [0.3, 0.4) is 0 Å². The molecule has 2 heterocycles. The van der Waals surface area contributed by atoms with E-state index in [1.54, 1.807) is 0 Å². The molecule has 3 rings (SSSR count). The number of nitrogens with two attached hydrogens (primary N) is 1. The minimum atomic E-state index is 0.0503. The van der Waals surface area contributed by atoms with Crippen molar-refractivity contribution >= 4 is 0 Å². The molecule has 1 aliphatic carbocycles. The molecule has 3 fully saturated rings. The highest BCUT2D eigenvalue weighted by atomic mass is 16.5. The average Bonchev–Trinajstić information content (AvgIpc) is 2.84. The van der Waals surface area contributed by atoms with E-state index in [0.29, 0.717) is 0 Å². The number of hydrogen-bond donors (Lipinski definition) is 1. The van der Waals surface area contributed by atoms with E-state index in [2.05, 4.69) is 4.90 Å². The van der Waals surface area contributed by atoms with Gasteiger partial charge in [0.05, 0.1) is 0 Å². The summed E-state index contributed by atoms with van der Waals surface area (Å²) in [6.07, 6.45) is 5.00. The monoisotopic (exact) mass is 196 g/mol. The highest BCUT2D eigenvalue weighted by Crippen LogP contribution is 2.53. The third-order valence-electron chi connectivity index (χ3n) is 4.10. The van der Waals surface area contributed by atoms with Gasteiger partial charge in [0.2, 0.25) is 0 Å². The van der Waals surface area contributed by atoms with Crippen LogP contribution in [0.25, 0.3) is 0 Å². The Morgan fingerprint density at radius 3 is 2.29 bits per heavy atom. The van der Waals surface area contributed by atoms with Crippen LogP contribution in [0, 0.1) is 5.41 Å². The molecule has 3 heteroatoms. The van der Waals surface area contributed by atoms with E-state index in [9.17, 15) is 0 Å². The molecule has 0 unspecified atom stereocenters. The summed E-state index contributed by atoms with van der Waals surface area (Å²) in [5.41, 5.74) is 7.17. The maximum absolute atomic E-state index is 6.36. The predicted octanol–water partition coefficient (Wildman–Crippen LogP) is 0.590. The van der Waals surface area contributed by atoms with Gasteiger partial charge in [-0.1, -0.05) is 0 Å². The summed E-state index contributed by atoms with van der Waals surface area (Å²) < 4.78 is 5.35. The molecular formula is C11H20N2O. The Bertz CT molecular complexity index is 223. The summed E-state index contributed by atoms with van der Waals surface area (Å²) in [6, 6.07) is 0. The van der Waals surface area contributed by atoms with Gasteiger partial charge in [0, 0.05) is 38.4 Å². The van der Waals surface area contributed by atoms with Crippen molar-refractivity contribution in [2.45, 2.75) is 31.2 Å². The van der Waals surface area contributed by atoms with E-state index in [1.165, 1.54) is 25.9 Å². The van der Waals surface area contributed by atoms with Gasteiger partial charge in [-0.2, -0.15) is 0 Å². The zero-order chi connectivity index (χ0) is 9.65. The fraction of sp³-hybridized carbons (Fsp3) is 1.00. The second-order valence-corrected chi connectivity index (χ2v) is 5.62. The first-order valence-electron chi connectivity index (χ1n) is 5.79. The molecule has 2 aliphatic heterocycles. The quantitative estimate of drug-likeness (QED) is 0.702. The second kappa shape index (κ2) is 2.94. The number of ether oxygens (including phenoxy) is 1. The van der Waals surface area contributed by atoms with Gasteiger partial charge in [0.15, 0.2) is 0 Å². The Morgan fingerprint density at radius 1 is 1.07 bits per heavy atom. The van der Waals surface area contributed by atoms with Gasteiger partial charge in [-0.15, -0.1) is 0 Å². The van der Waals surface area contributed by atoms with Crippen molar-refractivity contribution in [2.75, 3.05) is 32.8 Å². The van der Waals surface area contributed by atoms with E-state index in [0.717, 1.165) is 38.0 Å². The molecule has 14 heavy (non-hydrogen) atoms. The van der Waals surface area contributed by atoms with Crippen LogP contribution < -0.4 is 5.73 Å². The number of hydrogen-bond acceptors (Lipinski definition) is 3. The third kappa shape index (κ3) is 1.58. The number of nitrogens with zero attached hydrogens (tertiary/aromatic N) is 1. The first-order valence-corrected chi connectivity index (χ1v) is 5.79. The Morgan fingerprint density at radius 2 is 1.71 bits per heavy atom. The zero-order valence-corrected chi connectivity index (χ0v) is 8.80. The molecule has 0 aromatic heterocycles. The summed E-state index contributed by atoms with van der Waals surface area (Å²) >= 11 is 0. The molecule has 0 aromatic rings. The topological polar surface area (TPSA) is 38.5 Å². The van der Waals surface area contributed by atoms with Crippen LogP contribution in [0.5, 0.6) is 0 Å². The molecule has 0 amide bonds. The van der Waals surface area contributed by atoms with Crippen LogP contribution in [0.15, 0.2) is 0 Å². The van der Waals surface area contributed by atoms with Crippen molar-refractivity contribution in [1.29, 1.82) is 0 Å². The molecule has 1 spiro atoms. The molecule has 0 radical (unpaired) electrons. The van der Waals surface area contributed by atoms with Crippen molar-refractivity contribution in [3.63, 3.8) is 0 Å². The van der Waals surface area contributed by atoms with Gasteiger partial charge in [-0.05, 0) is 31.1 Å². The van der Waals surface area contributed by atoms with E-state index in [-0.39, 0.29) is 5.54 Å². The summed E-state index contributed by atoms with van der Waals surface area (Å²) in [7, 11) is 0. The van der Waals surface area contributed by atoms with E-state index in [4.69, 9.17) is 10.5 Å². The van der Waals surface area contributed by atoms with E-state index >= 15 is 0 Å². The van der Waals surface area contributed by atoms with Crippen molar-refractivity contribution in [1.82, 2.24) is 4.90 Å². The summed E-state index contributed by atoms with van der Waals surface area (Å²) in [6.45, 7) is 5.43. The van der Waals surface area contributed by atoms with Crippen molar-refractivity contribution in [3.05, 3.63) is 0 Å². The molecule has 0 aromatic carbocycles. The highest BCUT2D eigenvalue weighted by Gasteiger charge is 2.53. The van der Waals surface area contributed by atoms with E-state index < -0.39 is 0 Å². The standard InChI is InChI=1S/C11H20N2O/c12-11(3-5-14-6-4-11)9-13-7-10(8-13)1-2-10/h1-9,12H2. The van der Waals surface area contributed by atoms with Crippen molar-refractivity contribution < 1.29 is 4.74 Å². The van der Waals surface area contributed by atoms with Crippen LogP contribution in [-0.2, 0) is 4.74 Å². The first kappa shape index (κ1) is 9.13. The fourth-order valence-electron chi connectivity index (χ4n) is 2.89. The minimum absolute atomic E-state index is 0.0503. The molecule has 2 N–H and O–H groups in total. The maximum Gasteiger partial charge on any atom is 0.0484 e. The van der Waals surface area contributed by atoms with Crippen LogP contribution >= 0.6 is 0 Å². The summed E-state index contributed by atoms with van der Waals surface area (Å²) in [5, 5.41) is 0. The van der Waals surface area contributed by atoms with Gasteiger partial charge in [0.1, 0.15) is 0 Å². The van der Waals surface area contributed by atoms with Crippen LogP contribution in [0.1, 0.15) is 25.7 Å². The molecule has 2 saturated heterocycles. The van der Waals surface area contributed by atoms with Crippen LogP contribution in [0.4, 0.5) is 0 Å². The highest BCUT2D eigenvalue weighted by molar-refractivity contribution is 5.07. The molecule has 3 aliphatic rings. The molecule has 3 nitrogen and oxygen atoms in total. The Balaban J connectivity index is 1.51. The number of rotatable bonds is 2. The summed E-state index contributed by atoms with van der Waals surface area (Å²) in [5.74, 6) is 0. The van der Waals surface area contributed by atoms with Crippen LogP contribution in [-0.4, -0.2) is 43.3 Å². The van der Waals surface area contributed by atoms with Gasteiger partial charge >= 0.3 is 0 Å². The first-order chi connectivity index (χ1) is 6.70. The molecule has 0 bridgehead atoms. The van der Waals surface area contributed by atoms with Gasteiger partial charge in [-0.3, -0.25) is 0 Å². The molecular weight excluding hydrogens is 176 g/mol. The SMILES string of the molecule is NC1(CN2CC3(CC3)C2)CCOCC1. The largest absolute Gasteiger partial charge is 0.381 e. The van der Waals surface area contributed by atoms with Gasteiger partial charge in [0.25, 0.3) is 0 Å². The molecule has 80 valence electrons. The number of likely N-dealkylation sites (tertiary alicyclic amines) is 1. The van der Waals surface area contributed by atoms with Gasteiger partial charge < -0.3 is 15.4 Å². The van der Waals surface area contributed by atoms with Gasteiger partial charge in [-0.25, -0.2) is 0 Å². The lowest BCUT2D eigenvalue weighted by Crippen LogP contribution is -2.59. The van der Waals surface area contributed by atoms with E-state index in [1.807, 2.05) is 0 Å². The third-order valence-corrected chi connectivity index (χ3v) is 4.10. The Kier molecular flexibility index (Phi) is 1.92. The molecule has 0 atom stereocenters. The lowest BCUT2D eigenvalue weighted by molar-refractivity contribution is 0.00511. The average molecular weight is 196 g/mol. The predicted molar refractivity (Wildman–Crippen MR) is 55.1 cm³/mol. The fourth-order valence-corrected chi connectivity index (χ4v) is 2.89. The zero-order valence-electron chi connectivity index (χ0n) is 8.80. The minimum Gasteiger partial charge on any atom is -0.381 e. The lowest BCUT2D eigenvalue weighted by atomic mass is 9.87. The lowest BCUT2D eigenvalue weighted by Gasteiger charge is -2.46. The summed E-state index contributed by atoms with van der Waals surface area (Å²) in [4.78, 5) is 2.54. The normalized spacial score (nSPS) is 34.1. The smallest absolute Gasteiger partial charge is 0.0484 e. The van der Waals surface area contributed by atoms with Crippen molar-refractivity contribution in [3.8, 4) is 0 Å². The molecule has 1 saturated carbocycles. The Hall–Kier alpha value is -0.120. The maximum atomic E-state index is 6.36.